The number of benzene rings is 1. The topological polar surface area (TPSA) is 64.7 Å². The molecule has 0 aromatic heterocycles. The molecule has 1 saturated heterocycles. The molecule has 1 aliphatic heterocycles. The molecule has 0 aliphatic carbocycles. The van der Waals surface area contributed by atoms with Crippen molar-refractivity contribution in [3.8, 4) is 0 Å². The lowest BCUT2D eigenvalue weighted by Crippen LogP contribution is -2.56. The number of aryl methyl sites for hydroxylation is 1. The Hall–Kier alpha value is -1.92. The van der Waals surface area contributed by atoms with Gasteiger partial charge < -0.3 is 10.6 Å². The first-order chi connectivity index (χ1) is 12.6. The van der Waals surface area contributed by atoms with Crippen molar-refractivity contribution in [3.05, 3.63) is 29.3 Å². The Bertz CT molecular complexity index is 673. The molecule has 1 aromatic carbocycles. The molecule has 1 fully saturated rings. The summed E-state index contributed by atoms with van der Waals surface area (Å²) in [4.78, 5) is 29.1. The molecule has 6 heteroatoms. The zero-order valence-corrected chi connectivity index (χ0v) is 17.6. The van der Waals surface area contributed by atoms with Crippen molar-refractivity contribution in [2.45, 2.75) is 53.1 Å². The normalized spacial score (nSPS) is 17.4. The Morgan fingerprint density at radius 2 is 1.74 bits per heavy atom. The molecule has 1 aliphatic rings. The van der Waals surface area contributed by atoms with E-state index >= 15 is 0 Å². The van der Waals surface area contributed by atoms with E-state index in [1.807, 2.05) is 59.7 Å². The number of nitrogens with one attached hydrogen (secondary N) is 2. The van der Waals surface area contributed by atoms with Crippen LogP contribution in [0.3, 0.4) is 0 Å². The monoisotopic (exact) mass is 374 g/mol. The van der Waals surface area contributed by atoms with Gasteiger partial charge in [-0.2, -0.15) is 0 Å². The zero-order chi connectivity index (χ0) is 20.2. The molecular weight excluding hydrogens is 340 g/mol. The van der Waals surface area contributed by atoms with Crippen LogP contribution in [0.1, 0.15) is 38.8 Å². The maximum atomic E-state index is 12.4. The van der Waals surface area contributed by atoms with Crippen LogP contribution in [0, 0.1) is 13.8 Å². The average molecular weight is 375 g/mol. The van der Waals surface area contributed by atoms with Crippen molar-refractivity contribution in [1.82, 2.24) is 15.1 Å². The highest BCUT2D eigenvalue weighted by Crippen LogP contribution is 2.18. The van der Waals surface area contributed by atoms with Crippen molar-refractivity contribution in [2.24, 2.45) is 0 Å². The van der Waals surface area contributed by atoms with E-state index in [1.54, 1.807) is 0 Å². The molecule has 0 saturated carbocycles. The van der Waals surface area contributed by atoms with Gasteiger partial charge in [-0.3, -0.25) is 19.4 Å². The lowest BCUT2D eigenvalue weighted by molar-refractivity contribution is -0.128. The highest BCUT2D eigenvalue weighted by atomic mass is 16.2. The molecule has 150 valence electrons. The van der Waals surface area contributed by atoms with E-state index in [0.29, 0.717) is 6.54 Å². The molecule has 1 atom stereocenters. The van der Waals surface area contributed by atoms with Gasteiger partial charge in [0.05, 0.1) is 12.6 Å². The highest BCUT2D eigenvalue weighted by Gasteiger charge is 2.28. The van der Waals surface area contributed by atoms with Crippen LogP contribution in [0.15, 0.2) is 18.2 Å². The van der Waals surface area contributed by atoms with E-state index < -0.39 is 0 Å². The van der Waals surface area contributed by atoms with E-state index in [4.69, 9.17) is 0 Å². The Morgan fingerprint density at radius 3 is 2.33 bits per heavy atom. The molecule has 0 radical (unpaired) electrons. The zero-order valence-electron chi connectivity index (χ0n) is 17.6. The number of amides is 2. The van der Waals surface area contributed by atoms with E-state index in [1.165, 1.54) is 5.56 Å². The van der Waals surface area contributed by atoms with Gasteiger partial charge >= 0.3 is 0 Å². The van der Waals surface area contributed by atoms with E-state index in [2.05, 4.69) is 20.4 Å². The predicted molar refractivity (Wildman–Crippen MR) is 110 cm³/mol. The molecule has 2 rings (SSSR count). The van der Waals surface area contributed by atoms with Crippen molar-refractivity contribution in [3.63, 3.8) is 0 Å². The Balaban J connectivity index is 1.81. The van der Waals surface area contributed by atoms with Crippen molar-refractivity contribution in [2.75, 3.05) is 38.0 Å². The summed E-state index contributed by atoms with van der Waals surface area (Å²) in [6.45, 7) is 15.5. The summed E-state index contributed by atoms with van der Waals surface area (Å²) < 4.78 is 0. The summed E-state index contributed by atoms with van der Waals surface area (Å²) in [5, 5.41) is 6.06. The van der Waals surface area contributed by atoms with Crippen molar-refractivity contribution < 1.29 is 9.59 Å². The summed E-state index contributed by atoms with van der Waals surface area (Å²) in [5.41, 5.74) is 2.93. The number of nitrogens with zero attached hydrogens (tertiary/aromatic N) is 2. The first kappa shape index (κ1) is 21.4. The number of hydrogen-bond acceptors (Lipinski definition) is 4. The first-order valence-corrected chi connectivity index (χ1v) is 9.71. The quantitative estimate of drug-likeness (QED) is 0.829. The molecule has 2 N–H and O–H groups in total. The third-order valence-corrected chi connectivity index (χ3v) is 5.08. The van der Waals surface area contributed by atoms with Gasteiger partial charge in [0, 0.05) is 37.4 Å². The molecule has 27 heavy (non-hydrogen) atoms. The molecule has 1 unspecified atom stereocenters. The van der Waals surface area contributed by atoms with Crippen LogP contribution in [0.5, 0.6) is 0 Å². The van der Waals surface area contributed by atoms with Crippen LogP contribution in [-0.2, 0) is 9.59 Å². The maximum absolute atomic E-state index is 12.4. The third kappa shape index (κ3) is 6.33. The Kier molecular flexibility index (Phi) is 7.00. The summed E-state index contributed by atoms with van der Waals surface area (Å²) in [7, 11) is 0. The van der Waals surface area contributed by atoms with E-state index in [0.717, 1.165) is 37.4 Å². The lowest BCUT2D eigenvalue weighted by Gasteiger charge is -2.38. The van der Waals surface area contributed by atoms with Gasteiger partial charge in [0.15, 0.2) is 0 Å². The summed E-state index contributed by atoms with van der Waals surface area (Å²) >= 11 is 0. The van der Waals surface area contributed by atoms with Crippen LogP contribution in [0.4, 0.5) is 5.69 Å². The number of carbonyl (C=O) groups is 2. The van der Waals surface area contributed by atoms with Crippen LogP contribution >= 0.6 is 0 Å². The van der Waals surface area contributed by atoms with Crippen LogP contribution < -0.4 is 10.6 Å². The van der Waals surface area contributed by atoms with Gasteiger partial charge in [-0.25, -0.2) is 0 Å². The number of piperazine rings is 1. The summed E-state index contributed by atoms with van der Waals surface area (Å²) in [6.07, 6.45) is 0. The molecule has 1 heterocycles. The second kappa shape index (κ2) is 8.85. The highest BCUT2D eigenvalue weighted by molar-refractivity contribution is 5.93. The van der Waals surface area contributed by atoms with Crippen LogP contribution in [0.2, 0.25) is 0 Å². The minimum absolute atomic E-state index is 0.00988. The maximum Gasteiger partial charge on any atom is 0.238 e. The van der Waals surface area contributed by atoms with Crippen LogP contribution in [-0.4, -0.2) is 65.9 Å². The minimum Gasteiger partial charge on any atom is -0.350 e. The second-order valence-corrected chi connectivity index (χ2v) is 8.52. The van der Waals surface area contributed by atoms with Gasteiger partial charge in [-0.15, -0.1) is 0 Å². The summed E-state index contributed by atoms with van der Waals surface area (Å²) in [6, 6.07) is 5.78. The standard InChI is InChI=1S/C21H34N4O2/c1-15-8-7-9-18(16(15)2)22-19(26)14-24-10-12-25(13-11-24)17(3)20(27)23-21(4,5)6/h7-9,17H,10-14H2,1-6H3,(H,22,26)(H,23,27). The molecular formula is C21H34N4O2. The number of hydrogen-bond donors (Lipinski definition) is 2. The minimum atomic E-state index is -0.223. The number of rotatable bonds is 5. The van der Waals surface area contributed by atoms with Crippen LogP contribution in [0.25, 0.3) is 0 Å². The fraction of sp³-hybridized carbons (Fsp3) is 0.619. The van der Waals surface area contributed by atoms with Crippen molar-refractivity contribution in [1.29, 1.82) is 0 Å². The molecule has 0 bridgehead atoms. The van der Waals surface area contributed by atoms with Gasteiger partial charge in [-0.05, 0) is 58.7 Å². The lowest BCUT2D eigenvalue weighted by atomic mass is 10.1. The Morgan fingerprint density at radius 1 is 1.11 bits per heavy atom. The predicted octanol–water partition coefficient (Wildman–Crippen LogP) is 2.16. The number of anilines is 1. The third-order valence-electron chi connectivity index (χ3n) is 5.08. The fourth-order valence-corrected chi connectivity index (χ4v) is 3.23. The van der Waals surface area contributed by atoms with Gasteiger partial charge in [-0.1, -0.05) is 12.1 Å². The fourth-order valence-electron chi connectivity index (χ4n) is 3.23. The van der Waals surface area contributed by atoms with E-state index in [9.17, 15) is 9.59 Å². The summed E-state index contributed by atoms with van der Waals surface area (Å²) in [5.74, 6) is 0.0688. The molecule has 0 spiro atoms. The van der Waals surface area contributed by atoms with Gasteiger partial charge in [0.25, 0.3) is 0 Å². The average Bonchev–Trinajstić information content (AvgIpc) is 2.57. The molecule has 1 aromatic rings. The smallest absolute Gasteiger partial charge is 0.238 e. The van der Waals surface area contributed by atoms with Gasteiger partial charge in [0.1, 0.15) is 0 Å². The van der Waals surface area contributed by atoms with E-state index in [-0.39, 0.29) is 23.4 Å². The molecule has 2 amide bonds. The second-order valence-electron chi connectivity index (χ2n) is 8.52. The molecule has 6 nitrogen and oxygen atoms in total. The SMILES string of the molecule is Cc1cccc(NC(=O)CN2CCN(C(C)C(=O)NC(C)(C)C)CC2)c1C. The van der Waals surface area contributed by atoms with Crippen molar-refractivity contribution >= 4 is 17.5 Å². The van der Waals surface area contributed by atoms with Gasteiger partial charge in [0.2, 0.25) is 11.8 Å². The Labute approximate surface area is 163 Å². The number of carbonyl (C=O) groups excluding carboxylic acids is 2. The first-order valence-electron chi connectivity index (χ1n) is 9.71. The largest absolute Gasteiger partial charge is 0.350 e.